The quantitative estimate of drug-likeness (QED) is 0.772. The van der Waals surface area contributed by atoms with E-state index in [1.54, 1.807) is 14.2 Å². The van der Waals surface area contributed by atoms with Crippen molar-refractivity contribution in [2.75, 3.05) is 27.4 Å². The predicted molar refractivity (Wildman–Crippen MR) is 72.1 cm³/mol. The molecule has 0 spiro atoms. The first-order valence-electron chi connectivity index (χ1n) is 6.14. The van der Waals surface area contributed by atoms with E-state index in [2.05, 4.69) is 5.32 Å². The van der Waals surface area contributed by atoms with Crippen LogP contribution in [0.2, 0.25) is 0 Å². The highest BCUT2D eigenvalue weighted by molar-refractivity contribution is 5.77. The molecular formula is C14H21NO4. The second-order valence-corrected chi connectivity index (χ2v) is 4.27. The van der Waals surface area contributed by atoms with Crippen LogP contribution in [-0.2, 0) is 20.9 Å². The second-order valence-electron chi connectivity index (χ2n) is 4.27. The summed E-state index contributed by atoms with van der Waals surface area (Å²) in [6, 6.07) is 7.54. The van der Waals surface area contributed by atoms with Gasteiger partial charge in [0, 0.05) is 13.2 Å². The molecule has 0 aliphatic carbocycles. The van der Waals surface area contributed by atoms with Gasteiger partial charge < -0.3 is 19.5 Å². The van der Waals surface area contributed by atoms with Crippen LogP contribution in [0.5, 0.6) is 5.75 Å². The third-order valence-electron chi connectivity index (χ3n) is 2.46. The summed E-state index contributed by atoms with van der Waals surface area (Å²) >= 11 is 0. The molecule has 0 aliphatic heterocycles. The summed E-state index contributed by atoms with van der Waals surface area (Å²) < 4.78 is 15.4. The van der Waals surface area contributed by atoms with Gasteiger partial charge in [-0.05, 0) is 24.6 Å². The van der Waals surface area contributed by atoms with Crippen LogP contribution in [0.25, 0.3) is 0 Å². The van der Waals surface area contributed by atoms with Gasteiger partial charge in [0.1, 0.15) is 12.4 Å². The third kappa shape index (κ3) is 6.22. The van der Waals surface area contributed by atoms with Crippen molar-refractivity contribution < 1.29 is 19.0 Å². The maximum atomic E-state index is 11.5. The molecule has 5 heteroatoms. The van der Waals surface area contributed by atoms with Crippen LogP contribution in [0.3, 0.4) is 0 Å². The van der Waals surface area contributed by atoms with Gasteiger partial charge in [0.2, 0.25) is 5.91 Å². The smallest absolute Gasteiger partial charge is 0.246 e. The Labute approximate surface area is 113 Å². The molecule has 0 aliphatic rings. The minimum atomic E-state index is -0.146. The van der Waals surface area contributed by atoms with Crippen molar-refractivity contribution in [3.8, 4) is 5.75 Å². The van der Waals surface area contributed by atoms with E-state index >= 15 is 0 Å². The molecule has 1 amide bonds. The number of ether oxygens (including phenoxy) is 3. The van der Waals surface area contributed by atoms with Crippen molar-refractivity contribution in [1.29, 1.82) is 0 Å². The molecule has 0 fully saturated rings. The largest absolute Gasteiger partial charge is 0.497 e. The number of hydrogen-bond donors (Lipinski definition) is 1. The van der Waals surface area contributed by atoms with E-state index in [-0.39, 0.29) is 18.6 Å². The molecule has 1 N–H and O–H groups in total. The average Bonchev–Trinajstić information content (AvgIpc) is 2.39. The summed E-state index contributed by atoms with van der Waals surface area (Å²) in [4.78, 5) is 11.5. The van der Waals surface area contributed by atoms with Crippen LogP contribution >= 0.6 is 0 Å². The lowest BCUT2D eigenvalue weighted by Crippen LogP contribution is -2.37. The van der Waals surface area contributed by atoms with Gasteiger partial charge in [-0.1, -0.05) is 12.1 Å². The summed E-state index contributed by atoms with van der Waals surface area (Å²) in [6.07, 6.45) is 0. The number of nitrogens with one attached hydrogen (secondary N) is 1. The first kappa shape index (κ1) is 15.5. The van der Waals surface area contributed by atoms with Crippen LogP contribution in [0.15, 0.2) is 24.3 Å². The molecule has 1 atom stereocenters. The number of benzene rings is 1. The van der Waals surface area contributed by atoms with Crippen molar-refractivity contribution in [2.45, 2.75) is 19.6 Å². The Bertz CT molecular complexity index is 395. The van der Waals surface area contributed by atoms with Gasteiger partial charge in [-0.2, -0.15) is 0 Å². The topological polar surface area (TPSA) is 56.8 Å². The molecule has 1 aromatic rings. The highest BCUT2D eigenvalue weighted by atomic mass is 16.5. The standard InChI is InChI=1S/C14H21NO4/c1-11(8-17-2)15-14(16)10-19-9-12-5-4-6-13(7-12)18-3/h4-7,11H,8-10H2,1-3H3,(H,15,16)/t11-/m1/s1. The van der Waals surface area contributed by atoms with Crippen LogP contribution < -0.4 is 10.1 Å². The minimum Gasteiger partial charge on any atom is -0.497 e. The Morgan fingerprint density at radius 1 is 1.37 bits per heavy atom. The van der Waals surface area contributed by atoms with Crippen molar-refractivity contribution in [1.82, 2.24) is 5.32 Å². The predicted octanol–water partition coefficient (Wildman–Crippen LogP) is 1.36. The second kappa shape index (κ2) is 8.50. The van der Waals surface area contributed by atoms with Gasteiger partial charge in [-0.3, -0.25) is 4.79 Å². The van der Waals surface area contributed by atoms with E-state index in [9.17, 15) is 4.79 Å². The molecule has 0 saturated heterocycles. The van der Waals surface area contributed by atoms with Gasteiger partial charge in [0.15, 0.2) is 0 Å². The number of rotatable bonds is 8. The zero-order valence-electron chi connectivity index (χ0n) is 11.6. The van der Waals surface area contributed by atoms with Crippen LogP contribution in [0, 0.1) is 0 Å². The number of methoxy groups -OCH3 is 2. The Kier molecular flexibility index (Phi) is 6.92. The maximum Gasteiger partial charge on any atom is 0.246 e. The SMILES string of the molecule is COC[C@@H](C)NC(=O)COCc1cccc(OC)c1. The van der Waals surface area contributed by atoms with E-state index in [4.69, 9.17) is 14.2 Å². The van der Waals surface area contributed by atoms with Crippen LogP contribution in [0.4, 0.5) is 0 Å². The summed E-state index contributed by atoms with van der Waals surface area (Å²) in [5.41, 5.74) is 0.970. The van der Waals surface area contributed by atoms with Gasteiger partial charge in [0.25, 0.3) is 0 Å². The number of amides is 1. The van der Waals surface area contributed by atoms with E-state index < -0.39 is 0 Å². The summed E-state index contributed by atoms with van der Waals surface area (Å²) in [7, 11) is 3.21. The number of carbonyl (C=O) groups is 1. The zero-order chi connectivity index (χ0) is 14.1. The lowest BCUT2D eigenvalue weighted by Gasteiger charge is -2.12. The normalized spacial score (nSPS) is 11.9. The van der Waals surface area contributed by atoms with E-state index in [1.807, 2.05) is 31.2 Å². The van der Waals surface area contributed by atoms with E-state index in [0.717, 1.165) is 11.3 Å². The molecule has 1 aromatic carbocycles. The molecule has 0 radical (unpaired) electrons. The number of carbonyl (C=O) groups excluding carboxylic acids is 1. The van der Waals surface area contributed by atoms with Crippen molar-refractivity contribution >= 4 is 5.91 Å². The molecule has 19 heavy (non-hydrogen) atoms. The van der Waals surface area contributed by atoms with Crippen LogP contribution in [0.1, 0.15) is 12.5 Å². The fourth-order valence-corrected chi connectivity index (χ4v) is 1.63. The molecule has 0 aromatic heterocycles. The monoisotopic (exact) mass is 267 g/mol. The fraction of sp³-hybridized carbons (Fsp3) is 0.500. The molecule has 5 nitrogen and oxygen atoms in total. The Balaban J connectivity index is 2.27. The molecule has 0 unspecified atom stereocenters. The van der Waals surface area contributed by atoms with Crippen molar-refractivity contribution in [3.63, 3.8) is 0 Å². The molecule has 1 rings (SSSR count). The Morgan fingerprint density at radius 2 is 2.16 bits per heavy atom. The minimum absolute atomic E-state index is 0.0158. The Hall–Kier alpha value is -1.59. The summed E-state index contributed by atoms with van der Waals surface area (Å²) in [6.45, 7) is 2.78. The summed E-state index contributed by atoms with van der Waals surface area (Å²) in [5, 5.41) is 2.78. The average molecular weight is 267 g/mol. The third-order valence-corrected chi connectivity index (χ3v) is 2.46. The first-order chi connectivity index (χ1) is 9.15. The highest BCUT2D eigenvalue weighted by Crippen LogP contribution is 2.12. The van der Waals surface area contributed by atoms with Gasteiger partial charge in [0.05, 0.1) is 20.3 Å². The molecule has 0 saturated carbocycles. The highest BCUT2D eigenvalue weighted by Gasteiger charge is 2.07. The van der Waals surface area contributed by atoms with Crippen molar-refractivity contribution in [3.05, 3.63) is 29.8 Å². The molecular weight excluding hydrogens is 246 g/mol. The van der Waals surface area contributed by atoms with Gasteiger partial charge in [-0.15, -0.1) is 0 Å². The first-order valence-corrected chi connectivity index (χ1v) is 6.14. The fourth-order valence-electron chi connectivity index (χ4n) is 1.63. The molecule has 0 heterocycles. The number of hydrogen-bond acceptors (Lipinski definition) is 4. The van der Waals surface area contributed by atoms with Gasteiger partial charge >= 0.3 is 0 Å². The lowest BCUT2D eigenvalue weighted by atomic mass is 10.2. The van der Waals surface area contributed by atoms with E-state index in [1.165, 1.54) is 0 Å². The molecule has 0 bridgehead atoms. The summed E-state index contributed by atoms with van der Waals surface area (Å²) in [5.74, 6) is 0.631. The van der Waals surface area contributed by atoms with Gasteiger partial charge in [-0.25, -0.2) is 0 Å². The zero-order valence-corrected chi connectivity index (χ0v) is 11.6. The molecule has 106 valence electrons. The van der Waals surface area contributed by atoms with Crippen LogP contribution in [-0.4, -0.2) is 39.4 Å². The van der Waals surface area contributed by atoms with Crippen molar-refractivity contribution in [2.24, 2.45) is 0 Å². The maximum absolute atomic E-state index is 11.5. The lowest BCUT2D eigenvalue weighted by molar-refractivity contribution is -0.127. The Morgan fingerprint density at radius 3 is 2.84 bits per heavy atom. The van der Waals surface area contributed by atoms with E-state index in [0.29, 0.717) is 13.2 Å².